The molecular formula is C26H23BO2. The van der Waals surface area contributed by atoms with Gasteiger partial charge in [0.1, 0.15) is 0 Å². The molecule has 5 aliphatic rings. The van der Waals surface area contributed by atoms with Crippen LogP contribution in [0.4, 0.5) is 0 Å². The summed E-state index contributed by atoms with van der Waals surface area (Å²) in [5, 5.41) is 23.1. The molecule has 4 saturated carbocycles. The van der Waals surface area contributed by atoms with Crippen molar-refractivity contribution in [2.24, 2.45) is 29.1 Å². The second-order valence-corrected chi connectivity index (χ2v) is 10.4. The molecule has 2 spiro atoms. The van der Waals surface area contributed by atoms with Crippen LogP contribution in [0.5, 0.6) is 0 Å². The van der Waals surface area contributed by atoms with Gasteiger partial charge in [-0.2, -0.15) is 0 Å². The van der Waals surface area contributed by atoms with Gasteiger partial charge in [-0.3, -0.25) is 0 Å². The van der Waals surface area contributed by atoms with Crippen LogP contribution >= 0.6 is 0 Å². The van der Waals surface area contributed by atoms with Crippen molar-refractivity contribution in [1.82, 2.24) is 0 Å². The lowest BCUT2D eigenvalue weighted by molar-refractivity contribution is -0.231. The summed E-state index contributed by atoms with van der Waals surface area (Å²) in [5.74, 6) is 3.34. The maximum absolute atomic E-state index is 10.2. The van der Waals surface area contributed by atoms with E-state index in [4.69, 9.17) is 0 Å². The fraction of sp³-hybridized carbons (Fsp3) is 0.385. The molecule has 0 heterocycles. The minimum atomic E-state index is -1.43. The third kappa shape index (κ3) is 1.40. The highest BCUT2D eigenvalue weighted by molar-refractivity contribution is 6.60. The summed E-state index contributed by atoms with van der Waals surface area (Å²) in [6.45, 7) is 0. The first kappa shape index (κ1) is 15.7. The molecule has 29 heavy (non-hydrogen) atoms. The Hall–Kier alpha value is -2.10. The molecule has 0 saturated heterocycles. The largest absolute Gasteiger partial charge is 0.489 e. The van der Waals surface area contributed by atoms with E-state index in [1.165, 1.54) is 53.1 Å². The Bertz CT molecular complexity index is 1250. The zero-order valence-corrected chi connectivity index (χ0v) is 16.3. The molecule has 0 aliphatic heterocycles. The van der Waals surface area contributed by atoms with Crippen LogP contribution in [-0.2, 0) is 5.41 Å². The van der Waals surface area contributed by atoms with Gasteiger partial charge in [-0.25, -0.2) is 0 Å². The van der Waals surface area contributed by atoms with Gasteiger partial charge in [0.25, 0.3) is 0 Å². The number of fused-ring (bicyclic) bond motifs is 10. The Morgan fingerprint density at radius 3 is 2.59 bits per heavy atom. The summed E-state index contributed by atoms with van der Waals surface area (Å²) in [4.78, 5) is 0. The molecule has 4 fully saturated rings. The first-order valence-corrected chi connectivity index (χ1v) is 11.2. The van der Waals surface area contributed by atoms with E-state index >= 15 is 0 Å². The number of hydrogen-bond acceptors (Lipinski definition) is 2. The Morgan fingerprint density at radius 1 is 0.862 bits per heavy atom. The van der Waals surface area contributed by atoms with Crippen molar-refractivity contribution in [1.29, 1.82) is 0 Å². The van der Waals surface area contributed by atoms with Gasteiger partial charge < -0.3 is 10.0 Å². The lowest BCUT2D eigenvalue weighted by Gasteiger charge is -2.76. The first-order chi connectivity index (χ1) is 14.2. The molecule has 142 valence electrons. The van der Waals surface area contributed by atoms with Crippen LogP contribution in [0.3, 0.4) is 0 Å². The van der Waals surface area contributed by atoms with Crippen LogP contribution in [0, 0.1) is 29.1 Å². The average molecular weight is 378 g/mol. The van der Waals surface area contributed by atoms with Crippen LogP contribution in [0.25, 0.3) is 21.9 Å². The van der Waals surface area contributed by atoms with Gasteiger partial charge in [0.15, 0.2) is 0 Å². The minimum absolute atomic E-state index is 0.0854. The average Bonchev–Trinajstić information content (AvgIpc) is 3.35. The minimum Gasteiger partial charge on any atom is -0.423 e. The van der Waals surface area contributed by atoms with Crippen molar-refractivity contribution < 1.29 is 10.0 Å². The molecule has 2 bridgehead atoms. The van der Waals surface area contributed by atoms with Gasteiger partial charge in [0, 0.05) is 5.41 Å². The number of hydrogen-bond donors (Lipinski definition) is 2. The van der Waals surface area contributed by atoms with Gasteiger partial charge in [0.2, 0.25) is 0 Å². The maximum atomic E-state index is 10.2. The van der Waals surface area contributed by atoms with Crippen molar-refractivity contribution >= 4 is 23.4 Å². The normalized spacial score (nSPS) is 39.1. The topological polar surface area (TPSA) is 40.5 Å². The lowest BCUT2D eigenvalue weighted by atomic mass is 9.26. The number of rotatable bonds is 1. The van der Waals surface area contributed by atoms with E-state index in [0.717, 1.165) is 29.2 Å². The first-order valence-electron chi connectivity index (χ1n) is 11.2. The summed E-state index contributed by atoms with van der Waals surface area (Å²) >= 11 is 0. The van der Waals surface area contributed by atoms with E-state index in [1.54, 1.807) is 0 Å². The zero-order chi connectivity index (χ0) is 19.1. The quantitative estimate of drug-likeness (QED) is 0.632. The summed E-state index contributed by atoms with van der Waals surface area (Å²) in [5.41, 5.74) is 6.62. The fourth-order valence-corrected chi connectivity index (χ4v) is 9.44. The molecule has 3 aromatic carbocycles. The van der Waals surface area contributed by atoms with Gasteiger partial charge in [0.05, 0.1) is 0 Å². The lowest BCUT2D eigenvalue weighted by Crippen LogP contribution is -2.73. The van der Waals surface area contributed by atoms with Crippen molar-refractivity contribution in [2.75, 3.05) is 0 Å². The Labute approximate surface area is 170 Å². The predicted octanol–water partition coefficient (Wildman–Crippen LogP) is 3.85. The predicted molar refractivity (Wildman–Crippen MR) is 115 cm³/mol. The van der Waals surface area contributed by atoms with Gasteiger partial charge in [-0.05, 0) is 93.3 Å². The monoisotopic (exact) mass is 378 g/mol. The second kappa shape index (κ2) is 4.63. The summed E-state index contributed by atoms with van der Waals surface area (Å²) in [6, 6.07) is 19.6. The molecule has 0 radical (unpaired) electrons. The van der Waals surface area contributed by atoms with E-state index < -0.39 is 7.12 Å². The second-order valence-electron chi connectivity index (χ2n) is 10.4. The van der Waals surface area contributed by atoms with Crippen LogP contribution < -0.4 is 5.46 Å². The van der Waals surface area contributed by atoms with Crippen molar-refractivity contribution in [3.63, 3.8) is 0 Å². The van der Waals surface area contributed by atoms with E-state index in [9.17, 15) is 10.0 Å². The molecule has 0 amide bonds. The molecule has 3 aromatic rings. The van der Waals surface area contributed by atoms with Crippen LogP contribution in [0.1, 0.15) is 36.8 Å². The Kier molecular flexibility index (Phi) is 2.51. The third-order valence-electron chi connectivity index (χ3n) is 9.94. The summed E-state index contributed by atoms with van der Waals surface area (Å²) < 4.78 is 0. The maximum Gasteiger partial charge on any atom is 0.489 e. The summed E-state index contributed by atoms with van der Waals surface area (Å²) in [7, 11) is -1.43. The molecule has 6 unspecified atom stereocenters. The zero-order valence-electron chi connectivity index (χ0n) is 16.3. The van der Waals surface area contributed by atoms with Gasteiger partial charge >= 0.3 is 7.12 Å². The van der Waals surface area contributed by atoms with Crippen LogP contribution in [0.2, 0.25) is 0 Å². The smallest absolute Gasteiger partial charge is 0.423 e. The van der Waals surface area contributed by atoms with E-state index in [1.807, 2.05) is 6.07 Å². The van der Waals surface area contributed by atoms with E-state index in [2.05, 4.69) is 48.5 Å². The fourth-order valence-electron chi connectivity index (χ4n) is 9.44. The SMILES string of the molecule is OB(O)c1cccc2c1-c1ccc3ccccc3c1C21C2CC3CC4CC1C42C3. The standard InChI is InChI=1S/C26H23BO2/c28-27(29)20-7-3-6-19-23(20)18-9-8-15-4-1-2-5-17(15)24(18)26(19)21-11-14-10-16-12-22(26)25(16,21)13-14/h1-9,14,16,21-22,28-29H,10-13H2. The molecule has 0 aromatic heterocycles. The van der Waals surface area contributed by atoms with Crippen molar-refractivity contribution in [3.8, 4) is 11.1 Å². The van der Waals surface area contributed by atoms with Gasteiger partial charge in [-0.15, -0.1) is 0 Å². The van der Waals surface area contributed by atoms with Crippen molar-refractivity contribution in [3.05, 3.63) is 65.7 Å². The van der Waals surface area contributed by atoms with E-state index in [-0.39, 0.29) is 5.41 Å². The molecule has 2 N–H and O–H groups in total. The van der Waals surface area contributed by atoms with Gasteiger partial charge in [-0.1, -0.05) is 54.6 Å². The Balaban J connectivity index is 1.52. The Morgan fingerprint density at radius 2 is 1.72 bits per heavy atom. The molecule has 3 heteroatoms. The molecular weight excluding hydrogens is 355 g/mol. The van der Waals surface area contributed by atoms with Crippen LogP contribution in [0.15, 0.2) is 54.6 Å². The third-order valence-corrected chi connectivity index (χ3v) is 9.94. The van der Waals surface area contributed by atoms with E-state index in [0.29, 0.717) is 10.9 Å². The number of benzene rings is 3. The molecule has 8 rings (SSSR count). The molecule has 5 aliphatic carbocycles. The summed E-state index contributed by atoms with van der Waals surface area (Å²) in [6.07, 6.45) is 5.64. The molecule has 6 atom stereocenters. The highest BCUT2D eigenvalue weighted by atomic mass is 16.4. The highest BCUT2D eigenvalue weighted by Gasteiger charge is 2.84. The van der Waals surface area contributed by atoms with Crippen molar-refractivity contribution in [2.45, 2.75) is 31.1 Å². The molecule has 2 nitrogen and oxygen atoms in total. The highest BCUT2D eigenvalue weighted by Crippen LogP contribution is 2.89. The van der Waals surface area contributed by atoms with Crippen LogP contribution in [-0.4, -0.2) is 17.2 Å².